The minimum Gasteiger partial charge on any atom is -0.423 e. The van der Waals surface area contributed by atoms with Crippen molar-refractivity contribution in [3.05, 3.63) is 107 Å². The Labute approximate surface area is 325 Å². The summed E-state index contributed by atoms with van der Waals surface area (Å²) < 4.78 is 33.2. The summed E-state index contributed by atoms with van der Waals surface area (Å²) in [5.74, 6) is -0.441. The summed E-state index contributed by atoms with van der Waals surface area (Å²) in [7, 11) is -3.48. The summed E-state index contributed by atoms with van der Waals surface area (Å²) >= 11 is 13.0. The number of hydrazine groups is 1. The summed E-state index contributed by atoms with van der Waals surface area (Å²) in [6, 6.07) is 23.4. The Balaban J connectivity index is 1.20. The molecule has 1 aliphatic heterocycles. The van der Waals surface area contributed by atoms with E-state index in [1.807, 2.05) is 6.07 Å². The smallest absolute Gasteiger partial charge is 0.343 e. The largest absolute Gasteiger partial charge is 0.423 e. The van der Waals surface area contributed by atoms with Crippen LogP contribution >= 0.6 is 23.2 Å². The summed E-state index contributed by atoms with van der Waals surface area (Å²) in [5, 5.41) is 10.2. The Bertz CT molecular complexity index is 2210. The van der Waals surface area contributed by atoms with Crippen molar-refractivity contribution >= 4 is 73.2 Å². The van der Waals surface area contributed by atoms with Crippen LogP contribution in [0.4, 0.5) is 11.4 Å². The first-order valence-electron chi connectivity index (χ1n) is 18.2. The molecule has 1 N–H and O–H groups in total. The number of sulfone groups is 1. The van der Waals surface area contributed by atoms with Crippen LogP contribution in [0.25, 0.3) is 11.0 Å². The lowest BCUT2D eigenvalue weighted by Gasteiger charge is -2.18. The first-order chi connectivity index (χ1) is 26.2. The van der Waals surface area contributed by atoms with Crippen molar-refractivity contribution in [2.24, 2.45) is 4.99 Å². The van der Waals surface area contributed by atoms with E-state index in [1.54, 1.807) is 66.7 Å². The molecule has 11 nitrogen and oxygen atoms in total. The molecule has 2 heterocycles. The van der Waals surface area contributed by atoms with E-state index in [4.69, 9.17) is 32.9 Å². The number of ether oxygens (including phenoxy) is 1. The molecule has 0 spiro atoms. The highest BCUT2D eigenvalue weighted by atomic mass is 35.5. The number of esters is 1. The fraction of sp³-hybridized carbons (Fsp3) is 0.325. The molecule has 0 radical (unpaired) electrons. The van der Waals surface area contributed by atoms with Gasteiger partial charge in [-0.2, -0.15) is 0 Å². The van der Waals surface area contributed by atoms with Crippen molar-refractivity contribution < 1.29 is 22.7 Å². The van der Waals surface area contributed by atoms with Gasteiger partial charge in [-0.1, -0.05) is 117 Å². The van der Waals surface area contributed by atoms with Crippen LogP contribution in [-0.4, -0.2) is 46.9 Å². The van der Waals surface area contributed by atoms with E-state index in [0.717, 1.165) is 19.3 Å². The number of amidine groups is 1. The third-order valence-electron chi connectivity index (χ3n) is 9.22. The van der Waals surface area contributed by atoms with Gasteiger partial charge in [0.25, 0.3) is 5.91 Å². The average Bonchev–Trinajstić information content (AvgIpc) is 3.72. The van der Waals surface area contributed by atoms with Gasteiger partial charge in [0.2, 0.25) is 0 Å². The number of benzene rings is 4. The summed E-state index contributed by atoms with van der Waals surface area (Å²) in [5.41, 5.74) is 4.70. The quantitative estimate of drug-likeness (QED) is 0.0559. The maximum Gasteiger partial charge on any atom is 0.343 e. The van der Waals surface area contributed by atoms with Gasteiger partial charge < -0.3 is 4.74 Å². The number of halogens is 2. The van der Waals surface area contributed by atoms with Crippen molar-refractivity contribution in [3.8, 4) is 5.75 Å². The van der Waals surface area contributed by atoms with Crippen molar-refractivity contribution in [1.29, 1.82) is 0 Å². The average molecular weight is 790 g/mol. The molecule has 1 fully saturated rings. The standard InChI is InChI=1S/C40H42Cl2N6O5S/c1-2-3-4-5-6-7-8-9-10-14-26-54(51,52)31-23-21-29(22-24-31)43-38-37(39(49)48(45-38)36-32(41)18-15-19-33(36)42)47-35-25-20-28(27-34(35)44-46-47)40(50)53-30-16-12-11-13-17-30/h11-13,15-25,27,37H,2-10,14,26H2,1H3,(H,43,45). The first-order valence-corrected chi connectivity index (χ1v) is 20.7. The molecular formula is C40H42Cl2N6O5S. The fourth-order valence-electron chi connectivity index (χ4n) is 6.32. The number of aliphatic imine (C=N–C) groups is 1. The third kappa shape index (κ3) is 9.29. The number of rotatable bonds is 17. The molecule has 5 aromatic rings. The van der Waals surface area contributed by atoms with Gasteiger partial charge in [-0.25, -0.2) is 27.9 Å². The van der Waals surface area contributed by atoms with Crippen LogP contribution in [0.2, 0.25) is 10.0 Å². The Morgan fingerprint density at radius 1 is 0.833 bits per heavy atom. The highest BCUT2D eigenvalue weighted by Gasteiger charge is 2.43. The second kappa shape index (κ2) is 18.0. The van der Waals surface area contributed by atoms with Gasteiger partial charge in [-0.15, -0.1) is 5.10 Å². The molecule has 1 atom stereocenters. The predicted octanol–water partition coefficient (Wildman–Crippen LogP) is 9.47. The van der Waals surface area contributed by atoms with E-state index in [9.17, 15) is 18.0 Å². The van der Waals surface area contributed by atoms with E-state index in [2.05, 4.69) is 22.7 Å². The number of carbonyl (C=O) groups is 2. The number of unbranched alkanes of at least 4 members (excludes halogenated alkanes) is 9. The lowest BCUT2D eigenvalue weighted by Crippen LogP contribution is -2.36. The molecule has 1 amide bonds. The maximum absolute atomic E-state index is 14.2. The van der Waals surface area contributed by atoms with E-state index < -0.39 is 27.8 Å². The lowest BCUT2D eigenvalue weighted by atomic mass is 10.1. The maximum atomic E-state index is 14.2. The van der Waals surface area contributed by atoms with Crippen molar-refractivity contribution in [2.75, 3.05) is 10.8 Å². The number of amides is 1. The molecule has 1 aliphatic rings. The second-order valence-corrected chi connectivity index (χ2v) is 16.1. The van der Waals surface area contributed by atoms with Gasteiger partial charge in [0.05, 0.1) is 37.5 Å². The molecule has 6 rings (SSSR count). The van der Waals surface area contributed by atoms with E-state index >= 15 is 0 Å². The molecule has 1 saturated heterocycles. The normalized spacial score (nSPS) is 15.2. The van der Waals surface area contributed by atoms with Crippen LogP contribution in [0.5, 0.6) is 5.75 Å². The highest BCUT2D eigenvalue weighted by Crippen LogP contribution is 2.37. The number of nitrogens with zero attached hydrogens (tertiary/aromatic N) is 5. The van der Waals surface area contributed by atoms with Gasteiger partial charge >= 0.3 is 5.97 Å². The van der Waals surface area contributed by atoms with Gasteiger partial charge in [0.1, 0.15) is 17.0 Å². The predicted molar refractivity (Wildman–Crippen MR) is 212 cm³/mol. The van der Waals surface area contributed by atoms with E-state index in [0.29, 0.717) is 28.9 Å². The minimum absolute atomic E-state index is 0.0775. The molecule has 0 aliphatic carbocycles. The number of carbonyl (C=O) groups excluding carboxylic acids is 2. The number of para-hydroxylation sites is 2. The van der Waals surface area contributed by atoms with Crippen LogP contribution in [-0.2, 0) is 14.6 Å². The minimum atomic E-state index is -3.48. The fourth-order valence-corrected chi connectivity index (χ4v) is 8.26. The number of aromatic nitrogens is 3. The van der Waals surface area contributed by atoms with Crippen molar-refractivity contribution in [1.82, 2.24) is 20.4 Å². The zero-order valence-electron chi connectivity index (χ0n) is 30.0. The Morgan fingerprint density at radius 2 is 1.48 bits per heavy atom. The molecule has 4 aromatic carbocycles. The molecule has 0 bridgehead atoms. The first kappa shape index (κ1) is 38.9. The van der Waals surface area contributed by atoms with Crippen LogP contribution < -0.4 is 15.2 Å². The van der Waals surface area contributed by atoms with Crippen LogP contribution in [0.1, 0.15) is 87.5 Å². The molecule has 0 saturated carbocycles. The zero-order chi connectivity index (χ0) is 38.1. The Kier molecular flexibility index (Phi) is 13.0. The summed E-state index contributed by atoms with van der Waals surface area (Å²) in [4.78, 5) is 32.0. The monoisotopic (exact) mass is 788 g/mol. The van der Waals surface area contributed by atoms with Crippen molar-refractivity contribution in [3.63, 3.8) is 0 Å². The van der Waals surface area contributed by atoms with Crippen LogP contribution in [0.15, 0.2) is 101 Å². The van der Waals surface area contributed by atoms with E-state index in [1.165, 1.54) is 66.4 Å². The molecule has 282 valence electrons. The van der Waals surface area contributed by atoms with E-state index in [-0.39, 0.29) is 37.8 Å². The topological polar surface area (TPSA) is 136 Å². The van der Waals surface area contributed by atoms with Crippen molar-refractivity contribution in [2.45, 2.75) is 82.1 Å². The Hall–Kier alpha value is -4.78. The van der Waals surface area contributed by atoms with Crippen LogP contribution in [0.3, 0.4) is 0 Å². The molecule has 1 aromatic heterocycles. The number of hydrogen-bond donors (Lipinski definition) is 1. The van der Waals surface area contributed by atoms with Gasteiger partial charge in [-0.3, -0.25) is 10.2 Å². The van der Waals surface area contributed by atoms with Gasteiger partial charge in [0, 0.05) is 0 Å². The molecule has 1 unspecified atom stereocenters. The number of anilines is 1. The van der Waals surface area contributed by atoms with Gasteiger partial charge in [-0.05, 0) is 73.2 Å². The summed E-state index contributed by atoms with van der Waals surface area (Å²) in [6.07, 6.45) is 11.2. The summed E-state index contributed by atoms with van der Waals surface area (Å²) in [6.45, 7) is 2.21. The number of fused-ring (bicyclic) bond motifs is 1. The van der Waals surface area contributed by atoms with Gasteiger partial charge in [0.15, 0.2) is 21.7 Å². The second-order valence-electron chi connectivity index (χ2n) is 13.2. The number of hydrogen-bond acceptors (Lipinski definition) is 8. The molecular weight excluding hydrogens is 747 g/mol. The highest BCUT2D eigenvalue weighted by molar-refractivity contribution is 7.91. The lowest BCUT2D eigenvalue weighted by molar-refractivity contribution is -0.119. The van der Waals surface area contributed by atoms with Crippen LogP contribution in [0, 0.1) is 0 Å². The number of nitrogens with one attached hydrogen (secondary N) is 1. The SMILES string of the molecule is CCCCCCCCCCCCS(=O)(=O)c1ccc(N=C2NN(c3c(Cl)cccc3Cl)C(=O)C2n2nnc3cc(C(=O)Oc4ccccc4)ccc32)cc1. The Morgan fingerprint density at radius 3 is 2.15 bits per heavy atom. The molecule has 14 heteroatoms. The third-order valence-corrected chi connectivity index (χ3v) is 11.6. The molecule has 54 heavy (non-hydrogen) atoms. The zero-order valence-corrected chi connectivity index (χ0v) is 32.3.